The summed E-state index contributed by atoms with van der Waals surface area (Å²) in [6, 6.07) is 8.43. The molecule has 3 nitrogen and oxygen atoms in total. The van der Waals surface area contributed by atoms with E-state index >= 15 is 0 Å². The summed E-state index contributed by atoms with van der Waals surface area (Å²) in [4.78, 5) is 0. The molecule has 0 amide bonds. The molecule has 2 fully saturated rings. The van der Waals surface area contributed by atoms with Crippen molar-refractivity contribution < 1.29 is 9.47 Å². The minimum atomic E-state index is 0.0989. The zero-order chi connectivity index (χ0) is 13.1. The first-order valence-electron chi connectivity index (χ1n) is 7.28. The van der Waals surface area contributed by atoms with E-state index in [9.17, 15) is 0 Å². The predicted octanol–water partition coefficient (Wildman–Crippen LogP) is 2.42. The van der Waals surface area contributed by atoms with Crippen molar-refractivity contribution in [2.24, 2.45) is 0 Å². The molecule has 0 saturated carbocycles. The minimum absolute atomic E-state index is 0.0989. The normalized spacial score (nSPS) is 25.8. The van der Waals surface area contributed by atoms with Crippen molar-refractivity contribution in [2.45, 2.75) is 44.5 Å². The quantitative estimate of drug-likeness (QED) is 0.906. The van der Waals surface area contributed by atoms with Crippen LogP contribution in [0.3, 0.4) is 0 Å². The maximum absolute atomic E-state index is 6.05. The van der Waals surface area contributed by atoms with Crippen LogP contribution in [-0.2, 0) is 16.1 Å². The van der Waals surface area contributed by atoms with Crippen LogP contribution in [-0.4, -0.2) is 31.4 Å². The molecule has 0 radical (unpaired) electrons. The smallest absolute Gasteiger partial charge is 0.0840 e. The van der Waals surface area contributed by atoms with Gasteiger partial charge in [0, 0.05) is 6.42 Å². The summed E-state index contributed by atoms with van der Waals surface area (Å²) in [6.45, 7) is 5.74. The fourth-order valence-corrected chi connectivity index (χ4v) is 3.12. The molecule has 0 aliphatic carbocycles. The van der Waals surface area contributed by atoms with Gasteiger partial charge in [0.05, 0.1) is 24.9 Å². The first kappa shape index (κ1) is 13.1. The Balaban J connectivity index is 1.53. The molecule has 2 heterocycles. The van der Waals surface area contributed by atoms with Gasteiger partial charge >= 0.3 is 0 Å². The van der Waals surface area contributed by atoms with Crippen molar-refractivity contribution in [3.05, 3.63) is 35.4 Å². The Hall–Kier alpha value is -0.900. The lowest BCUT2D eigenvalue weighted by atomic mass is 9.89. The molecule has 3 heteroatoms. The van der Waals surface area contributed by atoms with E-state index in [-0.39, 0.29) is 11.7 Å². The number of ether oxygens (including phenoxy) is 2. The number of rotatable bonds is 3. The molecule has 1 aromatic rings. The van der Waals surface area contributed by atoms with E-state index in [2.05, 4.69) is 36.5 Å². The molecule has 2 aliphatic heterocycles. The standard InChI is InChI=1S/C16H23NO2/c1-13-4-2-3-5-14(13)11-18-15-10-16(19-12-15)6-8-17-9-7-16/h2-5,15,17H,6-12H2,1H3. The first-order valence-corrected chi connectivity index (χ1v) is 7.28. The highest BCUT2D eigenvalue weighted by Crippen LogP contribution is 2.35. The van der Waals surface area contributed by atoms with Gasteiger partial charge in [0.25, 0.3) is 0 Å². The Labute approximate surface area is 115 Å². The molecular formula is C16H23NO2. The number of hydrogen-bond acceptors (Lipinski definition) is 3. The van der Waals surface area contributed by atoms with Crippen LogP contribution in [0.4, 0.5) is 0 Å². The van der Waals surface area contributed by atoms with Crippen molar-refractivity contribution in [1.82, 2.24) is 5.32 Å². The molecule has 0 bridgehead atoms. The number of aryl methyl sites for hydroxylation is 1. The first-order chi connectivity index (χ1) is 9.27. The van der Waals surface area contributed by atoms with Crippen molar-refractivity contribution in [2.75, 3.05) is 19.7 Å². The van der Waals surface area contributed by atoms with Crippen molar-refractivity contribution in [1.29, 1.82) is 0 Å². The second-order valence-corrected chi connectivity index (χ2v) is 5.81. The number of hydrogen-bond donors (Lipinski definition) is 1. The largest absolute Gasteiger partial charge is 0.372 e. The van der Waals surface area contributed by atoms with Gasteiger partial charge in [0.2, 0.25) is 0 Å². The van der Waals surface area contributed by atoms with Gasteiger partial charge in [0.1, 0.15) is 0 Å². The van der Waals surface area contributed by atoms with Crippen LogP contribution in [0, 0.1) is 6.92 Å². The third-order valence-corrected chi connectivity index (χ3v) is 4.43. The molecule has 1 N–H and O–H groups in total. The van der Waals surface area contributed by atoms with E-state index in [0.717, 1.165) is 39.0 Å². The highest BCUT2D eigenvalue weighted by Gasteiger charge is 2.41. The molecule has 1 spiro atoms. The van der Waals surface area contributed by atoms with Crippen molar-refractivity contribution in [3.63, 3.8) is 0 Å². The second-order valence-electron chi connectivity index (χ2n) is 5.81. The summed E-state index contributed by atoms with van der Waals surface area (Å²) in [7, 11) is 0. The van der Waals surface area contributed by atoms with Gasteiger partial charge in [0.15, 0.2) is 0 Å². The van der Waals surface area contributed by atoms with Crippen LogP contribution in [0.5, 0.6) is 0 Å². The highest BCUT2D eigenvalue weighted by atomic mass is 16.6. The number of benzene rings is 1. The molecule has 3 rings (SSSR count). The molecule has 2 saturated heterocycles. The van der Waals surface area contributed by atoms with E-state index in [1.807, 2.05) is 0 Å². The van der Waals surface area contributed by atoms with Crippen LogP contribution in [0.1, 0.15) is 30.4 Å². The molecule has 1 atom stereocenters. The summed E-state index contributed by atoms with van der Waals surface area (Å²) in [5, 5.41) is 3.40. The van der Waals surface area contributed by atoms with Crippen LogP contribution >= 0.6 is 0 Å². The Kier molecular flexibility index (Phi) is 3.87. The molecule has 2 aliphatic rings. The Morgan fingerprint density at radius 1 is 1.32 bits per heavy atom. The minimum Gasteiger partial charge on any atom is -0.372 e. The van der Waals surface area contributed by atoms with Gasteiger partial charge in [-0.15, -0.1) is 0 Å². The zero-order valence-corrected chi connectivity index (χ0v) is 11.7. The molecule has 19 heavy (non-hydrogen) atoms. The van der Waals surface area contributed by atoms with Gasteiger partial charge in [-0.25, -0.2) is 0 Å². The van der Waals surface area contributed by atoms with Gasteiger partial charge in [-0.1, -0.05) is 24.3 Å². The third kappa shape index (κ3) is 2.99. The average molecular weight is 261 g/mol. The highest BCUT2D eigenvalue weighted by molar-refractivity contribution is 5.24. The van der Waals surface area contributed by atoms with Crippen molar-refractivity contribution >= 4 is 0 Å². The van der Waals surface area contributed by atoms with E-state index < -0.39 is 0 Å². The van der Waals surface area contributed by atoms with Crippen LogP contribution in [0.15, 0.2) is 24.3 Å². The van der Waals surface area contributed by atoms with Gasteiger partial charge in [-0.3, -0.25) is 0 Å². The average Bonchev–Trinajstić information content (AvgIpc) is 2.82. The summed E-state index contributed by atoms with van der Waals surface area (Å²) in [6.07, 6.45) is 3.56. The van der Waals surface area contributed by atoms with Crippen LogP contribution < -0.4 is 5.32 Å². The summed E-state index contributed by atoms with van der Waals surface area (Å²) in [5.41, 5.74) is 2.69. The molecule has 1 unspecified atom stereocenters. The second kappa shape index (κ2) is 5.61. The van der Waals surface area contributed by atoms with Gasteiger partial charge in [-0.2, -0.15) is 0 Å². The van der Waals surface area contributed by atoms with Gasteiger partial charge in [-0.05, 0) is 44.0 Å². The monoisotopic (exact) mass is 261 g/mol. The molecule has 1 aromatic carbocycles. The van der Waals surface area contributed by atoms with Gasteiger partial charge < -0.3 is 14.8 Å². The van der Waals surface area contributed by atoms with Crippen LogP contribution in [0.25, 0.3) is 0 Å². The maximum atomic E-state index is 6.05. The van der Waals surface area contributed by atoms with E-state index in [1.54, 1.807) is 0 Å². The summed E-state index contributed by atoms with van der Waals surface area (Å²) < 4.78 is 12.1. The zero-order valence-electron chi connectivity index (χ0n) is 11.7. The Bertz CT molecular complexity index is 427. The third-order valence-electron chi connectivity index (χ3n) is 4.43. The Morgan fingerprint density at radius 2 is 2.11 bits per heavy atom. The van der Waals surface area contributed by atoms with Crippen molar-refractivity contribution in [3.8, 4) is 0 Å². The van der Waals surface area contributed by atoms with E-state index in [1.165, 1.54) is 11.1 Å². The molecule has 104 valence electrons. The molecular weight excluding hydrogens is 238 g/mol. The van der Waals surface area contributed by atoms with E-state index in [0.29, 0.717) is 6.61 Å². The lowest BCUT2D eigenvalue weighted by Crippen LogP contribution is -2.41. The number of piperidine rings is 1. The lowest BCUT2D eigenvalue weighted by Gasteiger charge is -2.32. The van der Waals surface area contributed by atoms with E-state index in [4.69, 9.17) is 9.47 Å². The van der Waals surface area contributed by atoms with Crippen LogP contribution in [0.2, 0.25) is 0 Å². The molecule has 0 aromatic heterocycles. The fraction of sp³-hybridized carbons (Fsp3) is 0.625. The topological polar surface area (TPSA) is 30.5 Å². The maximum Gasteiger partial charge on any atom is 0.0840 e. The lowest BCUT2D eigenvalue weighted by molar-refractivity contribution is -0.0241. The summed E-state index contributed by atoms with van der Waals surface area (Å²) >= 11 is 0. The number of nitrogens with one attached hydrogen (secondary N) is 1. The predicted molar refractivity (Wildman–Crippen MR) is 75.2 cm³/mol. The SMILES string of the molecule is Cc1ccccc1COC1COC2(CCNCC2)C1. The fourth-order valence-electron chi connectivity index (χ4n) is 3.12. The Morgan fingerprint density at radius 3 is 2.89 bits per heavy atom. The summed E-state index contributed by atoms with van der Waals surface area (Å²) in [5.74, 6) is 0.